The maximum atomic E-state index is 12.6. The van der Waals surface area contributed by atoms with E-state index in [9.17, 15) is 24.6 Å². The van der Waals surface area contributed by atoms with Crippen molar-refractivity contribution in [2.45, 2.75) is 226 Å². The molecular weight excluding hydrogens is 646 g/mol. The molecule has 0 aliphatic rings. The number of ether oxygens (including phenoxy) is 2. The molecule has 1 aromatic heterocycles. The summed E-state index contributed by atoms with van der Waals surface area (Å²) >= 11 is 0. The molecular formula is C42H75NO8. The average molecular weight is 722 g/mol. The van der Waals surface area contributed by atoms with E-state index in [0.29, 0.717) is 17.6 Å². The topological polar surface area (TPSA) is 124 Å². The lowest BCUT2D eigenvalue weighted by atomic mass is 10.0. The number of unbranched alkanes of at least 4 members (excludes halogenated alkanes) is 28. The van der Waals surface area contributed by atoms with Crippen molar-refractivity contribution in [3.63, 3.8) is 0 Å². The summed E-state index contributed by atoms with van der Waals surface area (Å²) in [5, 5.41) is 21.2. The van der Waals surface area contributed by atoms with Gasteiger partial charge in [0.05, 0.1) is 0 Å². The van der Waals surface area contributed by atoms with Gasteiger partial charge in [-0.25, -0.2) is 4.79 Å². The van der Waals surface area contributed by atoms with Crippen LogP contribution in [0, 0.1) is 0 Å². The molecule has 9 heteroatoms. The quantitative estimate of drug-likeness (QED) is 0.0524. The summed E-state index contributed by atoms with van der Waals surface area (Å²) in [6, 6.07) is 0. The highest BCUT2D eigenvalue weighted by atomic mass is 16.7. The molecule has 2 N–H and O–H groups in total. The van der Waals surface area contributed by atoms with Gasteiger partial charge >= 0.3 is 17.9 Å². The number of aromatic hydroxyl groups is 2. The van der Waals surface area contributed by atoms with Crippen molar-refractivity contribution in [1.29, 1.82) is 0 Å². The van der Waals surface area contributed by atoms with Crippen LogP contribution in [0.3, 0.4) is 0 Å². The van der Waals surface area contributed by atoms with E-state index in [2.05, 4.69) is 13.8 Å². The van der Waals surface area contributed by atoms with Crippen molar-refractivity contribution in [3.8, 4) is 23.3 Å². The summed E-state index contributed by atoms with van der Waals surface area (Å²) < 4.78 is 11.1. The van der Waals surface area contributed by atoms with Crippen LogP contribution in [0.15, 0.2) is 0 Å². The molecule has 0 aliphatic heterocycles. The minimum Gasteiger partial charge on any atom is -0.490 e. The van der Waals surface area contributed by atoms with Crippen LogP contribution >= 0.6 is 0 Å². The normalized spacial score (nSPS) is 11.2. The fraction of sp³-hybridized carbons (Fsp3) is 0.833. The van der Waals surface area contributed by atoms with Crippen molar-refractivity contribution < 1.29 is 38.9 Å². The minimum atomic E-state index is -0.832. The second-order valence-electron chi connectivity index (χ2n) is 14.5. The number of rotatable bonds is 35. The van der Waals surface area contributed by atoms with Gasteiger partial charge in [-0.05, 0) is 12.8 Å². The molecule has 0 radical (unpaired) electrons. The fourth-order valence-electron chi connectivity index (χ4n) is 6.50. The van der Waals surface area contributed by atoms with E-state index in [1.165, 1.54) is 141 Å². The monoisotopic (exact) mass is 722 g/mol. The Kier molecular flexibility index (Phi) is 29.0. The average Bonchev–Trinajstić information content (AvgIpc) is 3.30. The van der Waals surface area contributed by atoms with E-state index in [0.717, 1.165) is 45.4 Å². The zero-order chi connectivity index (χ0) is 37.4. The first-order valence-corrected chi connectivity index (χ1v) is 21.1. The number of hydrogen-bond donors (Lipinski definition) is 2. The fourth-order valence-corrected chi connectivity index (χ4v) is 6.50. The molecule has 0 unspecified atom stereocenters. The first-order valence-electron chi connectivity index (χ1n) is 21.1. The van der Waals surface area contributed by atoms with Gasteiger partial charge in [-0.3, -0.25) is 9.59 Å². The first kappa shape index (κ1) is 46.3. The highest BCUT2D eigenvalue weighted by Crippen LogP contribution is 2.47. The first-order chi connectivity index (χ1) is 24.8. The Morgan fingerprint density at radius 2 is 0.667 bits per heavy atom. The van der Waals surface area contributed by atoms with Gasteiger partial charge in [0.15, 0.2) is 0 Å². The van der Waals surface area contributed by atoms with E-state index in [1.807, 2.05) is 0 Å². The molecule has 0 saturated carbocycles. The Morgan fingerprint density at radius 3 is 0.902 bits per heavy atom. The predicted octanol–water partition coefficient (Wildman–Crippen LogP) is 12.2. The smallest absolute Gasteiger partial charge is 0.330 e. The van der Waals surface area contributed by atoms with Crippen molar-refractivity contribution >= 4 is 17.9 Å². The summed E-state index contributed by atoms with van der Waals surface area (Å²) in [6.45, 7) is 5.59. The van der Waals surface area contributed by atoms with E-state index >= 15 is 0 Å². The van der Waals surface area contributed by atoms with Crippen molar-refractivity contribution in [2.24, 2.45) is 0 Å². The molecule has 296 valence electrons. The van der Waals surface area contributed by atoms with Crippen LogP contribution in [0.4, 0.5) is 0 Å². The second-order valence-corrected chi connectivity index (χ2v) is 14.5. The number of aromatic nitrogens is 1. The lowest BCUT2D eigenvalue weighted by molar-refractivity contribution is -0.142. The number of esters is 2. The van der Waals surface area contributed by atoms with Crippen LogP contribution in [-0.4, -0.2) is 32.9 Å². The SMILES string of the molecule is CCCCCCCCCCCCCCCCCC(=O)Oc1c(OC(=O)CCCCCCCCCCCCCCCCC)c(O)n(OC(C)=O)c1O. The Labute approximate surface area is 310 Å². The van der Waals surface area contributed by atoms with Gasteiger partial charge in [0.25, 0.3) is 11.8 Å². The van der Waals surface area contributed by atoms with Crippen LogP contribution in [-0.2, 0) is 14.4 Å². The zero-order valence-corrected chi connectivity index (χ0v) is 32.9. The molecule has 0 atom stereocenters. The summed E-state index contributed by atoms with van der Waals surface area (Å²) in [6.07, 6.45) is 36.6. The van der Waals surface area contributed by atoms with Gasteiger partial charge in [-0.2, -0.15) is 0 Å². The van der Waals surface area contributed by atoms with Crippen LogP contribution < -0.4 is 14.3 Å². The molecule has 0 bridgehead atoms. The van der Waals surface area contributed by atoms with Gasteiger partial charge in [0.1, 0.15) is 0 Å². The van der Waals surface area contributed by atoms with Gasteiger partial charge < -0.3 is 24.5 Å². The summed E-state index contributed by atoms with van der Waals surface area (Å²) in [5.41, 5.74) is 0. The van der Waals surface area contributed by atoms with Crippen LogP contribution in [0.5, 0.6) is 23.3 Å². The molecule has 0 spiro atoms. The molecule has 1 rings (SSSR count). The van der Waals surface area contributed by atoms with Crippen LogP contribution in [0.2, 0.25) is 0 Å². The molecule has 0 aliphatic carbocycles. The molecule has 0 fully saturated rings. The molecule has 0 aromatic carbocycles. The second kappa shape index (κ2) is 32.0. The predicted molar refractivity (Wildman–Crippen MR) is 205 cm³/mol. The van der Waals surface area contributed by atoms with E-state index in [-0.39, 0.29) is 12.8 Å². The Balaban J connectivity index is 2.30. The largest absolute Gasteiger partial charge is 0.490 e. The molecule has 1 aromatic rings. The maximum Gasteiger partial charge on any atom is 0.330 e. The van der Waals surface area contributed by atoms with E-state index < -0.39 is 41.2 Å². The maximum absolute atomic E-state index is 12.6. The van der Waals surface area contributed by atoms with Gasteiger partial charge in [-0.15, -0.1) is 0 Å². The Morgan fingerprint density at radius 1 is 0.431 bits per heavy atom. The molecule has 0 saturated heterocycles. The summed E-state index contributed by atoms with van der Waals surface area (Å²) in [4.78, 5) is 41.6. The highest BCUT2D eigenvalue weighted by molar-refractivity contribution is 5.79. The Bertz CT molecular complexity index is 965. The zero-order valence-electron chi connectivity index (χ0n) is 32.9. The third kappa shape index (κ3) is 24.2. The molecule has 0 amide bonds. The van der Waals surface area contributed by atoms with Gasteiger partial charge in [-0.1, -0.05) is 198 Å². The van der Waals surface area contributed by atoms with Crippen LogP contribution in [0.1, 0.15) is 226 Å². The summed E-state index contributed by atoms with van der Waals surface area (Å²) in [5.74, 6) is -4.85. The third-order valence-corrected chi connectivity index (χ3v) is 9.62. The molecule has 1 heterocycles. The minimum absolute atomic E-state index is 0.101. The third-order valence-electron chi connectivity index (χ3n) is 9.62. The van der Waals surface area contributed by atoms with Gasteiger partial charge in [0, 0.05) is 19.8 Å². The van der Waals surface area contributed by atoms with Crippen molar-refractivity contribution in [1.82, 2.24) is 4.73 Å². The standard InChI is InChI=1S/C42H75NO8/c1-4-6-8-10-12-14-16-18-20-22-24-26-28-30-32-34-37(45)49-39-40(42(48)43(41(39)47)51-36(3)44)50-38(46)35-33-31-29-27-25-23-21-19-17-15-13-11-9-7-5-2/h47-48H,4-35H2,1-3H3. The molecule has 9 nitrogen and oxygen atoms in total. The van der Waals surface area contributed by atoms with Crippen LogP contribution in [0.25, 0.3) is 0 Å². The van der Waals surface area contributed by atoms with E-state index in [1.54, 1.807) is 0 Å². The number of hydrogen-bond acceptors (Lipinski definition) is 8. The highest BCUT2D eigenvalue weighted by Gasteiger charge is 2.31. The van der Waals surface area contributed by atoms with Crippen molar-refractivity contribution in [2.75, 3.05) is 0 Å². The summed E-state index contributed by atoms with van der Waals surface area (Å²) in [7, 11) is 0. The Hall–Kier alpha value is -2.71. The van der Waals surface area contributed by atoms with Gasteiger partial charge in [0.2, 0.25) is 11.5 Å². The number of carbonyl (C=O) groups is 3. The lowest BCUT2D eigenvalue weighted by Gasteiger charge is -2.07. The molecule has 51 heavy (non-hydrogen) atoms. The number of nitrogens with zero attached hydrogens (tertiary/aromatic N) is 1. The lowest BCUT2D eigenvalue weighted by Crippen LogP contribution is -2.15. The number of carbonyl (C=O) groups excluding carboxylic acids is 3. The van der Waals surface area contributed by atoms with Crippen molar-refractivity contribution in [3.05, 3.63) is 0 Å². The van der Waals surface area contributed by atoms with E-state index in [4.69, 9.17) is 14.3 Å².